The highest BCUT2D eigenvalue weighted by Crippen LogP contribution is 2.25. The molecule has 1 N–H and O–H groups in total. The smallest absolute Gasteiger partial charge is 0.0797 e. The van der Waals surface area contributed by atoms with E-state index in [1.54, 1.807) is 17.4 Å². The van der Waals surface area contributed by atoms with Gasteiger partial charge in [0, 0.05) is 22.9 Å². The number of rotatable bonds is 4. The van der Waals surface area contributed by atoms with E-state index in [2.05, 4.69) is 10.3 Å². The molecule has 2 aromatic rings. The maximum atomic E-state index is 6.06. The average Bonchev–Trinajstić information content (AvgIpc) is 2.68. The molecule has 1 aromatic heterocycles. The average molecular weight is 287 g/mol. The molecule has 2 rings (SSSR count). The summed E-state index contributed by atoms with van der Waals surface area (Å²) >= 11 is 13.6. The van der Waals surface area contributed by atoms with E-state index in [0.29, 0.717) is 10.0 Å². The van der Waals surface area contributed by atoms with Crippen molar-refractivity contribution in [3.63, 3.8) is 0 Å². The second-order valence-corrected chi connectivity index (χ2v) is 5.44. The van der Waals surface area contributed by atoms with Crippen LogP contribution in [0.3, 0.4) is 0 Å². The number of nitrogens with one attached hydrogen (secondary N) is 1. The molecule has 0 aliphatic carbocycles. The summed E-state index contributed by atoms with van der Waals surface area (Å²) in [4.78, 5) is 5.53. The van der Waals surface area contributed by atoms with Crippen LogP contribution < -0.4 is 5.32 Å². The summed E-state index contributed by atoms with van der Waals surface area (Å²) in [6, 6.07) is 5.46. The van der Waals surface area contributed by atoms with E-state index in [-0.39, 0.29) is 0 Å². The molecule has 2 nitrogen and oxygen atoms in total. The van der Waals surface area contributed by atoms with Gasteiger partial charge in [0.15, 0.2) is 0 Å². The highest BCUT2D eigenvalue weighted by molar-refractivity contribution is 7.09. The van der Waals surface area contributed by atoms with Gasteiger partial charge in [0.05, 0.1) is 21.9 Å². The van der Waals surface area contributed by atoms with Gasteiger partial charge in [0.1, 0.15) is 0 Å². The number of aromatic nitrogens is 1. The molecule has 0 unspecified atom stereocenters. The summed E-state index contributed by atoms with van der Waals surface area (Å²) in [5, 5.41) is 4.60. The summed E-state index contributed by atoms with van der Waals surface area (Å²) in [6.45, 7) is 2.87. The molecule has 90 valence electrons. The van der Waals surface area contributed by atoms with Crippen molar-refractivity contribution < 1.29 is 0 Å². The molecule has 1 aromatic carbocycles. The topological polar surface area (TPSA) is 24.9 Å². The van der Waals surface area contributed by atoms with Crippen LogP contribution in [-0.2, 0) is 6.42 Å². The van der Waals surface area contributed by atoms with Crippen LogP contribution in [-0.4, -0.2) is 11.5 Å². The summed E-state index contributed by atoms with van der Waals surface area (Å²) in [5.41, 5.74) is 3.90. The number of hydrogen-bond donors (Lipinski definition) is 1. The fraction of sp³-hybridized carbons (Fsp3) is 0.250. The van der Waals surface area contributed by atoms with Crippen LogP contribution in [0.4, 0.5) is 5.69 Å². The van der Waals surface area contributed by atoms with Gasteiger partial charge in [-0.1, -0.05) is 23.2 Å². The lowest BCUT2D eigenvalue weighted by Gasteiger charge is -2.08. The SMILES string of the molecule is Cc1ncsc1CCNc1ccc(Cl)cc1Cl. The molecular formula is C12H12Cl2N2S. The summed E-state index contributed by atoms with van der Waals surface area (Å²) in [5.74, 6) is 0. The number of aryl methyl sites for hydroxylation is 1. The van der Waals surface area contributed by atoms with Crippen molar-refractivity contribution in [2.24, 2.45) is 0 Å². The second-order valence-electron chi connectivity index (χ2n) is 3.66. The van der Waals surface area contributed by atoms with Gasteiger partial charge in [-0.25, -0.2) is 4.98 Å². The Balaban J connectivity index is 1.92. The van der Waals surface area contributed by atoms with Gasteiger partial charge < -0.3 is 5.32 Å². The molecule has 0 radical (unpaired) electrons. The number of anilines is 1. The Bertz CT molecular complexity index is 511. The summed E-state index contributed by atoms with van der Waals surface area (Å²) in [6.07, 6.45) is 0.954. The monoisotopic (exact) mass is 286 g/mol. The first-order chi connectivity index (χ1) is 8.16. The largest absolute Gasteiger partial charge is 0.383 e. The zero-order valence-electron chi connectivity index (χ0n) is 9.34. The Kier molecular flexibility index (Phi) is 4.26. The molecule has 0 spiro atoms. The van der Waals surface area contributed by atoms with Crippen LogP contribution in [0.2, 0.25) is 10.0 Å². The lowest BCUT2D eigenvalue weighted by molar-refractivity contribution is 1.02. The van der Waals surface area contributed by atoms with Crippen molar-refractivity contribution in [3.8, 4) is 0 Å². The first-order valence-corrected chi connectivity index (χ1v) is 6.88. The normalized spacial score (nSPS) is 10.5. The molecule has 1 heterocycles. The van der Waals surface area contributed by atoms with Crippen LogP contribution in [0, 0.1) is 6.92 Å². The minimum atomic E-state index is 0.651. The molecule has 0 saturated heterocycles. The third-order valence-electron chi connectivity index (χ3n) is 2.44. The molecule has 0 aliphatic heterocycles. The molecule has 17 heavy (non-hydrogen) atoms. The Hall–Kier alpha value is -0.770. The van der Waals surface area contributed by atoms with Crippen molar-refractivity contribution in [3.05, 3.63) is 44.3 Å². The minimum absolute atomic E-state index is 0.651. The first-order valence-electron chi connectivity index (χ1n) is 5.24. The number of benzene rings is 1. The van der Waals surface area contributed by atoms with Crippen molar-refractivity contribution in [1.29, 1.82) is 0 Å². The predicted molar refractivity (Wildman–Crippen MR) is 75.5 cm³/mol. The van der Waals surface area contributed by atoms with Crippen LogP contribution in [0.5, 0.6) is 0 Å². The number of hydrogen-bond acceptors (Lipinski definition) is 3. The summed E-state index contributed by atoms with van der Waals surface area (Å²) in [7, 11) is 0. The van der Waals surface area contributed by atoms with E-state index >= 15 is 0 Å². The number of thiazole rings is 1. The van der Waals surface area contributed by atoms with Gasteiger partial charge in [0.2, 0.25) is 0 Å². The zero-order valence-corrected chi connectivity index (χ0v) is 11.7. The van der Waals surface area contributed by atoms with Gasteiger partial charge in [-0.3, -0.25) is 0 Å². The highest BCUT2D eigenvalue weighted by Gasteiger charge is 2.03. The maximum absolute atomic E-state index is 6.06. The lowest BCUT2D eigenvalue weighted by Crippen LogP contribution is -2.05. The molecule has 0 amide bonds. The lowest BCUT2D eigenvalue weighted by atomic mass is 10.2. The van der Waals surface area contributed by atoms with Crippen LogP contribution >= 0.6 is 34.5 Å². The number of halogens is 2. The standard InChI is InChI=1S/C12H12Cl2N2S/c1-8-12(17-7-16-8)4-5-15-11-3-2-9(13)6-10(11)14/h2-3,6-7,15H,4-5H2,1H3. The predicted octanol–water partition coefficient (Wildman–Crippen LogP) is 4.41. The Morgan fingerprint density at radius 3 is 2.82 bits per heavy atom. The summed E-state index contributed by atoms with van der Waals surface area (Å²) < 4.78 is 0. The third kappa shape index (κ3) is 3.35. The fourth-order valence-corrected chi connectivity index (χ4v) is 2.77. The van der Waals surface area contributed by atoms with Gasteiger partial charge in [-0.2, -0.15) is 0 Å². The van der Waals surface area contributed by atoms with Crippen molar-refractivity contribution >= 4 is 40.2 Å². The van der Waals surface area contributed by atoms with Crippen LogP contribution in [0.25, 0.3) is 0 Å². The van der Waals surface area contributed by atoms with E-state index in [1.165, 1.54) is 4.88 Å². The Labute approximate surface area is 115 Å². The highest BCUT2D eigenvalue weighted by atomic mass is 35.5. The Morgan fingerprint density at radius 2 is 2.18 bits per heavy atom. The Morgan fingerprint density at radius 1 is 1.35 bits per heavy atom. The molecule has 0 fully saturated rings. The molecule has 0 bridgehead atoms. The maximum Gasteiger partial charge on any atom is 0.0797 e. The van der Waals surface area contributed by atoms with E-state index in [4.69, 9.17) is 23.2 Å². The molecule has 0 aliphatic rings. The van der Waals surface area contributed by atoms with E-state index in [9.17, 15) is 0 Å². The van der Waals surface area contributed by atoms with Crippen molar-refractivity contribution in [2.45, 2.75) is 13.3 Å². The molecular weight excluding hydrogens is 275 g/mol. The van der Waals surface area contributed by atoms with Crippen molar-refractivity contribution in [1.82, 2.24) is 4.98 Å². The van der Waals surface area contributed by atoms with E-state index in [1.807, 2.05) is 24.6 Å². The van der Waals surface area contributed by atoms with Crippen LogP contribution in [0.15, 0.2) is 23.7 Å². The van der Waals surface area contributed by atoms with Gasteiger partial charge in [-0.15, -0.1) is 11.3 Å². The fourth-order valence-electron chi connectivity index (χ4n) is 1.51. The minimum Gasteiger partial charge on any atom is -0.383 e. The van der Waals surface area contributed by atoms with E-state index < -0.39 is 0 Å². The number of nitrogens with zero attached hydrogens (tertiary/aromatic N) is 1. The van der Waals surface area contributed by atoms with Gasteiger partial charge >= 0.3 is 0 Å². The second kappa shape index (κ2) is 5.71. The zero-order chi connectivity index (χ0) is 12.3. The van der Waals surface area contributed by atoms with Gasteiger partial charge in [-0.05, 0) is 25.1 Å². The molecule has 0 atom stereocenters. The molecule has 0 saturated carbocycles. The van der Waals surface area contributed by atoms with Gasteiger partial charge in [0.25, 0.3) is 0 Å². The first kappa shape index (κ1) is 12.7. The van der Waals surface area contributed by atoms with Crippen molar-refractivity contribution in [2.75, 3.05) is 11.9 Å². The third-order valence-corrected chi connectivity index (χ3v) is 3.99. The van der Waals surface area contributed by atoms with Crippen LogP contribution in [0.1, 0.15) is 10.6 Å². The van der Waals surface area contributed by atoms with E-state index in [0.717, 1.165) is 24.3 Å². The quantitative estimate of drug-likeness (QED) is 0.900. The molecule has 5 heteroatoms.